The highest BCUT2D eigenvalue weighted by molar-refractivity contribution is 8.07. The second kappa shape index (κ2) is 15.3. The highest BCUT2D eigenvalue weighted by Crippen LogP contribution is 2.56. The molecule has 1 saturated heterocycles. The number of alkyl halides is 1. The summed E-state index contributed by atoms with van der Waals surface area (Å²) in [6.07, 6.45) is -1.70. The maximum absolute atomic E-state index is 16.1. The van der Waals surface area contributed by atoms with Gasteiger partial charge in [-0.3, -0.25) is 4.52 Å². The fourth-order valence-electron chi connectivity index (χ4n) is 5.71. The first-order valence-electron chi connectivity index (χ1n) is 14.2. The van der Waals surface area contributed by atoms with Crippen LogP contribution in [0.3, 0.4) is 0 Å². The van der Waals surface area contributed by atoms with Crippen LogP contribution in [0.4, 0.5) is 4.39 Å². The molecule has 16 nitrogen and oxygen atoms in total. The van der Waals surface area contributed by atoms with E-state index in [-0.39, 0.29) is 55.5 Å². The van der Waals surface area contributed by atoms with E-state index in [1.54, 1.807) is 18.5 Å². The molecule has 2 N–H and O–H groups in total. The van der Waals surface area contributed by atoms with Gasteiger partial charge >= 0.3 is 12.9 Å². The third-order valence-electron chi connectivity index (χ3n) is 8.07. The zero-order valence-corrected chi connectivity index (χ0v) is 27.2. The minimum atomic E-state index is -3.67. The number of aryl methyl sites for hydroxylation is 1. The second-order valence-corrected chi connectivity index (χ2v) is 14.0. The number of rotatable bonds is 12. The summed E-state index contributed by atoms with van der Waals surface area (Å²) in [6.45, 7) is 4.53. The fourth-order valence-corrected chi connectivity index (χ4v) is 8.02. The Hall–Kier alpha value is -3.33. The Kier molecular flexibility index (Phi) is 11.4. The zero-order valence-electron chi connectivity index (χ0n) is 24.7. The maximum atomic E-state index is 16.1. The van der Waals surface area contributed by atoms with Crippen LogP contribution in [0.1, 0.15) is 24.3 Å². The Morgan fingerprint density at radius 3 is 2.74 bits per heavy atom. The van der Waals surface area contributed by atoms with Gasteiger partial charge in [0.2, 0.25) is 6.54 Å². The van der Waals surface area contributed by atoms with Crippen LogP contribution in [-0.2, 0) is 39.7 Å². The monoisotopic (exact) mass is 710 g/mol. The molecule has 47 heavy (non-hydrogen) atoms. The van der Waals surface area contributed by atoms with Gasteiger partial charge in [-0.05, 0) is 42.7 Å². The van der Waals surface area contributed by atoms with Gasteiger partial charge in [-0.15, -0.1) is 5.10 Å². The summed E-state index contributed by atoms with van der Waals surface area (Å²) in [5.41, 5.74) is 3.05. The number of hydrogen-bond donors (Lipinski definition) is 2. The van der Waals surface area contributed by atoms with Gasteiger partial charge < -0.3 is 33.4 Å². The number of aliphatic hydroxyl groups is 2. The fraction of sp³-hybridized carbons (Fsp3) is 0.519. The summed E-state index contributed by atoms with van der Waals surface area (Å²) in [4.78, 5) is 32.1. The average Bonchev–Trinajstić information content (AvgIpc) is 3.74. The van der Waals surface area contributed by atoms with Crippen LogP contribution in [0.15, 0.2) is 30.9 Å². The van der Waals surface area contributed by atoms with E-state index in [9.17, 15) is 10.2 Å². The number of fused-ring (bicyclic) bond motifs is 2. The molecule has 1 aromatic carbocycles. The van der Waals surface area contributed by atoms with Crippen molar-refractivity contribution < 1.29 is 42.5 Å². The normalized spacial score (nSPS) is 26.6. The second-order valence-electron chi connectivity index (χ2n) is 10.7. The van der Waals surface area contributed by atoms with Crippen LogP contribution >= 0.6 is 18.3 Å². The van der Waals surface area contributed by atoms with Crippen molar-refractivity contribution in [1.82, 2.24) is 34.5 Å². The van der Waals surface area contributed by atoms with Crippen molar-refractivity contribution in [1.29, 1.82) is 0 Å². The minimum absolute atomic E-state index is 0.00936. The van der Waals surface area contributed by atoms with E-state index < -0.39 is 37.9 Å². The van der Waals surface area contributed by atoms with E-state index in [0.29, 0.717) is 28.6 Å². The molecule has 2 aliphatic rings. The molecule has 20 heteroatoms. The lowest BCUT2D eigenvalue weighted by atomic mass is 9.70. The number of halogens is 2. The van der Waals surface area contributed by atoms with Gasteiger partial charge in [0.05, 0.1) is 25.1 Å². The van der Waals surface area contributed by atoms with Crippen molar-refractivity contribution in [3.05, 3.63) is 53.0 Å². The Balaban J connectivity index is 0.00000139. The van der Waals surface area contributed by atoms with Crippen LogP contribution in [0.2, 0.25) is 5.15 Å². The third-order valence-corrected chi connectivity index (χ3v) is 10.7. The van der Waals surface area contributed by atoms with Gasteiger partial charge in [0, 0.05) is 18.6 Å². The maximum Gasteiger partial charge on any atom is 0.373 e. The van der Waals surface area contributed by atoms with E-state index in [1.807, 2.05) is 17.6 Å². The van der Waals surface area contributed by atoms with Crippen molar-refractivity contribution in [2.75, 3.05) is 33.0 Å². The molecule has 8 atom stereocenters. The molecule has 4 aromatic rings. The highest BCUT2D eigenvalue weighted by Gasteiger charge is 2.51. The minimum Gasteiger partial charge on any atom is -0.396 e. The van der Waals surface area contributed by atoms with Gasteiger partial charge in [-0.2, -0.15) is 9.59 Å². The van der Waals surface area contributed by atoms with E-state index >= 15 is 4.39 Å². The zero-order chi connectivity index (χ0) is 33.7. The largest absolute Gasteiger partial charge is 0.396 e. The molecule has 1 saturated carbocycles. The summed E-state index contributed by atoms with van der Waals surface area (Å²) in [6, 6.07) is 5.29. The number of ether oxygens (including phenoxy) is 1. The molecule has 1 aliphatic carbocycles. The smallest absolute Gasteiger partial charge is 0.373 e. The molecular formula is C27H29ClFN8O8PS. The van der Waals surface area contributed by atoms with E-state index in [2.05, 4.69) is 30.1 Å². The predicted octanol–water partition coefficient (Wildman–Crippen LogP) is 2.61. The van der Waals surface area contributed by atoms with Crippen LogP contribution in [0.5, 0.6) is 0 Å². The Bertz CT molecular complexity index is 1840. The average molecular weight is 711 g/mol. The summed E-state index contributed by atoms with van der Waals surface area (Å²) in [7, 11) is 0. The molecule has 1 unspecified atom stereocenters. The van der Waals surface area contributed by atoms with Crippen molar-refractivity contribution in [2.24, 2.45) is 11.8 Å². The van der Waals surface area contributed by atoms with Crippen molar-refractivity contribution in [3.8, 4) is 0 Å². The van der Waals surface area contributed by atoms with Gasteiger partial charge in [-0.1, -0.05) is 28.9 Å². The van der Waals surface area contributed by atoms with Crippen molar-refractivity contribution in [3.63, 3.8) is 0 Å². The number of imidazole rings is 1. The summed E-state index contributed by atoms with van der Waals surface area (Å²) >= 11 is 11.8. The van der Waals surface area contributed by atoms with Gasteiger partial charge in [-0.25, -0.2) is 30.6 Å². The predicted molar refractivity (Wildman–Crippen MR) is 164 cm³/mol. The third kappa shape index (κ3) is 7.10. The van der Waals surface area contributed by atoms with Crippen molar-refractivity contribution in [2.45, 2.75) is 44.0 Å². The van der Waals surface area contributed by atoms with E-state index in [0.717, 1.165) is 5.56 Å². The number of benzene rings is 1. The molecule has 0 spiro atoms. The Morgan fingerprint density at radius 2 is 2.02 bits per heavy atom. The molecule has 2 fully saturated rings. The number of nitrogens with zero attached hydrogens (tertiary/aromatic N) is 8. The molecule has 4 heterocycles. The summed E-state index contributed by atoms with van der Waals surface area (Å²) < 4.78 is 42.9. The standard InChI is InChI=1S/C26H29ClFN8O6PS.CO2/c1-14-4-3-5-17-21(14)33-34-36(17)26-20(28)23(19(10-38)41-26)42-43(44,39-7-6-29-2)40-11-15-8-18(16(15)9-37)35-13-32-22-24(27)30-12-31-25(22)35;2-1-3/h3-5,12-13,15-16,18-20,23,26,37-38H,6-11H2,1H3;/t15-,16-,18-,19-,20-,23-,26-,43?;/m1./s1. The number of carbonyl (C=O) groups excluding carboxylic acids is 2. The first kappa shape index (κ1) is 35.0. The lowest BCUT2D eigenvalue weighted by molar-refractivity contribution is -0.191. The van der Waals surface area contributed by atoms with Gasteiger partial charge in [0.15, 0.2) is 23.2 Å². The van der Waals surface area contributed by atoms with Crippen LogP contribution in [0.25, 0.3) is 27.0 Å². The molecule has 1 aliphatic heterocycles. The number of aliphatic hydroxyl groups excluding tert-OH is 2. The number of hydrogen-bond acceptors (Lipinski definition) is 14. The quantitative estimate of drug-likeness (QED) is 0.0944. The molecule has 0 radical (unpaired) electrons. The van der Waals surface area contributed by atoms with E-state index in [1.165, 1.54) is 11.0 Å². The lowest BCUT2D eigenvalue weighted by Gasteiger charge is -2.44. The van der Waals surface area contributed by atoms with Crippen molar-refractivity contribution >= 4 is 58.5 Å². The Morgan fingerprint density at radius 1 is 1.23 bits per heavy atom. The van der Waals surface area contributed by atoms with E-state index in [4.69, 9.17) is 57.9 Å². The summed E-state index contributed by atoms with van der Waals surface area (Å²) in [5, 5.41) is 28.8. The molecular weight excluding hydrogens is 682 g/mol. The molecule has 0 bridgehead atoms. The topological polar surface area (TPSA) is 190 Å². The number of aromatic nitrogens is 7. The summed E-state index contributed by atoms with van der Waals surface area (Å²) in [5.74, 6) is -0.391. The van der Waals surface area contributed by atoms with Crippen LogP contribution in [-0.4, -0.2) is 102 Å². The highest BCUT2D eigenvalue weighted by atomic mass is 35.5. The molecule has 6 rings (SSSR count). The van der Waals surface area contributed by atoms with Gasteiger partial charge in [0.25, 0.3) is 0 Å². The first-order chi connectivity index (χ1) is 22.7. The van der Waals surface area contributed by atoms with Gasteiger partial charge in [0.1, 0.15) is 36.2 Å². The first-order valence-corrected chi connectivity index (χ1v) is 17.2. The molecule has 0 amide bonds. The SMILES string of the molecule is O=C=O.[C-]#[N+]CCOP(=S)(OC[C@H]1C[C@@H](n2cnc3c(Cl)ncnc32)[C@@H]1CO)O[C@H]1[C@@H](F)[C@H](n2nnc3c(C)cccc32)O[C@@H]1CO. The molecule has 3 aromatic heterocycles. The molecule has 250 valence electrons. The van der Waals surface area contributed by atoms with Crippen LogP contribution < -0.4 is 0 Å². The lowest BCUT2D eigenvalue weighted by Crippen LogP contribution is -2.43. The van der Waals surface area contributed by atoms with Crippen LogP contribution in [0, 0.1) is 25.3 Å². The Labute approximate surface area is 276 Å².